The fraction of sp³-hybridized carbons (Fsp3) is 0.368. The third-order valence-corrected chi connectivity index (χ3v) is 4.50. The van der Waals surface area contributed by atoms with E-state index in [1.165, 1.54) is 24.3 Å². The van der Waals surface area contributed by atoms with Gasteiger partial charge in [-0.05, 0) is 23.8 Å². The smallest absolute Gasteiger partial charge is 0.504 e. The molecule has 5 nitrogen and oxygen atoms in total. The largest absolute Gasteiger partial charge is 0.573 e. The van der Waals surface area contributed by atoms with Gasteiger partial charge in [0.25, 0.3) is 0 Å². The van der Waals surface area contributed by atoms with Crippen molar-refractivity contribution in [3.8, 4) is 17.2 Å². The number of halogens is 6. The first-order chi connectivity index (χ1) is 14.0. The second-order valence-corrected chi connectivity index (χ2v) is 6.55. The predicted molar refractivity (Wildman–Crippen MR) is 94.2 cm³/mol. The minimum atomic E-state index is -4.99. The van der Waals surface area contributed by atoms with E-state index in [0.29, 0.717) is 31.7 Å². The fourth-order valence-corrected chi connectivity index (χ4v) is 3.35. The molecule has 0 aromatic heterocycles. The number of nitrogens with zero attached hydrogens (tertiary/aromatic N) is 1. The Balaban J connectivity index is 1.99. The van der Waals surface area contributed by atoms with Crippen molar-refractivity contribution in [3.05, 3.63) is 53.6 Å². The van der Waals surface area contributed by atoms with E-state index in [1.54, 1.807) is 0 Å². The van der Waals surface area contributed by atoms with Crippen molar-refractivity contribution in [1.29, 1.82) is 0 Å². The summed E-state index contributed by atoms with van der Waals surface area (Å²) in [4.78, 5) is 1.91. The molecule has 0 bridgehead atoms. The second-order valence-electron chi connectivity index (χ2n) is 6.55. The van der Waals surface area contributed by atoms with Gasteiger partial charge >= 0.3 is 12.7 Å². The molecule has 1 heterocycles. The summed E-state index contributed by atoms with van der Waals surface area (Å²) >= 11 is 0. The van der Waals surface area contributed by atoms with Gasteiger partial charge in [0.2, 0.25) is 0 Å². The molecular formula is C19H18F6N2O3. The van der Waals surface area contributed by atoms with Crippen LogP contribution in [0.3, 0.4) is 0 Å². The van der Waals surface area contributed by atoms with E-state index in [2.05, 4.69) is 14.8 Å². The second kappa shape index (κ2) is 8.60. The third kappa shape index (κ3) is 5.70. The van der Waals surface area contributed by atoms with E-state index in [1.807, 2.05) is 4.90 Å². The number of nitrogens with one attached hydrogen (secondary N) is 1. The summed E-state index contributed by atoms with van der Waals surface area (Å²) in [6, 6.07) is 8.04. The van der Waals surface area contributed by atoms with Crippen LogP contribution in [-0.2, 0) is 0 Å². The average Bonchev–Trinajstić information content (AvgIpc) is 2.65. The Labute approximate surface area is 167 Å². The van der Waals surface area contributed by atoms with Crippen molar-refractivity contribution in [2.24, 2.45) is 0 Å². The normalized spacial score (nSPS) is 16.9. The standard InChI is InChI=1S/C19H18F6N2O3/c20-18(21,22)29-13-6-4-12(5-7-13)16(27-10-8-26-9-11-27)14-2-1-3-15(17(14)28)30-19(23,24)25/h1-7,16,26,28H,8-11H2/t16-/m1/s1. The Morgan fingerprint density at radius 3 is 2.03 bits per heavy atom. The zero-order valence-electron chi connectivity index (χ0n) is 15.4. The van der Waals surface area contributed by atoms with Gasteiger partial charge in [-0.3, -0.25) is 4.90 Å². The number of phenols is 1. The van der Waals surface area contributed by atoms with Gasteiger partial charge in [-0.1, -0.05) is 24.3 Å². The first-order valence-corrected chi connectivity index (χ1v) is 8.91. The van der Waals surface area contributed by atoms with E-state index in [-0.39, 0.29) is 5.56 Å². The van der Waals surface area contributed by atoms with Gasteiger partial charge in [0.05, 0.1) is 6.04 Å². The maximum Gasteiger partial charge on any atom is 0.573 e. The number of hydrogen-bond donors (Lipinski definition) is 2. The minimum absolute atomic E-state index is 0.142. The topological polar surface area (TPSA) is 54.0 Å². The van der Waals surface area contributed by atoms with Crippen LogP contribution in [0.2, 0.25) is 0 Å². The van der Waals surface area contributed by atoms with Gasteiger partial charge in [0, 0.05) is 31.7 Å². The lowest BCUT2D eigenvalue weighted by molar-refractivity contribution is -0.275. The number of para-hydroxylation sites is 1. The van der Waals surface area contributed by atoms with Crippen molar-refractivity contribution in [2.45, 2.75) is 18.8 Å². The molecule has 0 aliphatic carbocycles. The van der Waals surface area contributed by atoms with E-state index in [0.717, 1.165) is 18.2 Å². The maximum atomic E-state index is 12.7. The first kappa shape index (κ1) is 22.0. The molecule has 3 rings (SSSR count). The zero-order chi connectivity index (χ0) is 21.9. The number of piperazine rings is 1. The lowest BCUT2D eigenvalue weighted by atomic mass is 9.95. The van der Waals surface area contributed by atoms with Crippen LogP contribution in [0.15, 0.2) is 42.5 Å². The van der Waals surface area contributed by atoms with E-state index >= 15 is 0 Å². The van der Waals surface area contributed by atoms with Crippen molar-refractivity contribution in [3.63, 3.8) is 0 Å². The molecule has 1 aliphatic rings. The minimum Gasteiger partial charge on any atom is -0.504 e. The Kier molecular flexibility index (Phi) is 6.32. The molecule has 1 fully saturated rings. The summed E-state index contributed by atoms with van der Waals surface area (Å²) < 4.78 is 83.0. The van der Waals surface area contributed by atoms with Crippen molar-refractivity contribution >= 4 is 0 Å². The van der Waals surface area contributed by atoms with Crippen molar-refractivity contribution < 1.29 is 40.9 Å². The summed E-state index contributed by atoms with van der Waals surface area (Å²) in [5.74, 6) is -1.87. The van der Waals surface area contributed by atoms with Crippen molar-refractivity contribution in [2.75, 3.05) is 26.2 Å². The molecule has 2 N–H and O–H groups in total. The Hall–Kier alpha value is -2.66. The van der Waals surface area contributed by atoms with Crippen LogP contribution < -0.4 is 14.8 Å². The number of phenolic OH excluding ortho intramolecular Hbond substituents is 1. The molecule has 30 heavy (non-hydrogen) atoms. The molecular weight excluding hydrogens is 418 g/mol. The highest BCUT2D eigenvalue weighted by molar-refractivity contribution is 5.50. The molecule has 0 unspecified atom stereocenters. The van der Waals surface area contributed by atoms with Gasteiger partial charge in [-0.25, -0.2) is 0 Å². The summed E-state index contributed by atoms with van der Waals surface area (Å²) in [5.41, 5.74) is 0.619. The highest BCUT2D eigenvalue weighted by atomic mass is 19.4. The number of ether oxygens (including phenoxy) is 2. The van der Waals surface area contributed by atoms with Crippen LogP contribution >= 0.6 is 0 Å². The monoisotopic (exact) mass is 436 g/mol. The Morgan fingerprint density at radius 2 is 1.47 bits per heavy atom. The maximum absolute atomic E-state index is 12.7. The lowest BCUT2D eigenvalue weighted by Gasteiger charge is -2.36. The summed E-state index contributed by atoms with van der Waals surface area (Å²) in [6.45, 7) is 2.22. The highest BCUT2D eigenvalue weighted by Gasteiger charge is 2.35. The van der Waals surface area contributed by atoms with Gasteiger partial charge in [0.1, 0.15) is 5.75 Å². The Bertz CT molecular complexity index is 849. The molecule has 0 saturated carbocycles. The summed E-state index contributed by atoms with van der Waals surface area (Å²) in [6.07, 6.45) is -9.84. The van der Waals surface area contributed by atoms with Gasteiger partial charge < -0.3 is 19.9 Å². The van der Waals surface area contributed by atoms with Crippen molar-refractivity contribution in [1.82, 2.24) is 10.2 Å². The number of benzene rings is 2. The van der Waals surface area contributed by atoms with Crippen LogP contribution in [-0.4, -0.2) is 48.9 Å². The SMILES string of the molecule is Oc1c(OC(F)(F)F)cccc1[C@@H](c1ccc(OC(F)(F)F)cc1)N1CCNCC1. The van der Waals surface area contributed by atoms with Gasteiger partial charge in [-0.15, -0.1) is 26.3 Å². The average molecular weight is 436 g/mol. The molecule has 0 radical (unpaired) electrons. The van der Waals surface area contributed by atoms with E-state index in [9.17, 15) is 31.4 Å². The molecule has 0 amide bonds. The molecule has 2 aromatic carbocycles. The first-order valence-electron chi connectivity index (χ1n) is 8.91. The summed E-state index contributed by atoms with van der Waals surface area (Å²) in [7, 11) is 0. The van der Waals surface area contributed by atoms with Crippen LogP contribution in [0.1, 0.15) is 17.2 Å². The summed E-state index contributed by atoms with van der Waals surface area (Å²) in [5, 5.41) is 13.6. The highest BCUT2D eigenvalue weighted by Crippen LogP contribution is 2.41. The van der Waals surface area contributed by atoms with E-state index < -0.39 is 36.0 Å². The van der Waals surface area contributed by atoms with Crippen LogP contribution in [0.4, 0.5) is 26.3 Å². The molecule has 2 aromatic rings. The zero-order valence-corrected chi connectivity index (χ0v) is 15.4. The van der Waals surface area contributed by atoms with Crippen LogP contribution in [0.5, 0.6) is 17.2 Å². The lowest BCUT2D eigenvalue weighted by Crippen LogP contribution is -2.45. The molecule has 164 valence electrons. The van der Waals surface area contributed by atoms with Crippen LogP contribution in [0, 0.1) is 0 Å². The third-order valence-electron chi connectivity index (χ3n) is 4.50. The number of hydrogen-bond acceptors (Lipinski definition) is 5. The molecule has 1 aliphatic heterocycles. The molecule has 1 atom stereocenters. The molecule has 11 heteroatoms. The quantitative estimate of drug-likeness (QED) is 0.689. The Morgan fingerprint density at radius 1 is 0.867 bits per heavy atom. The number of rotatable bonds is 5. The predicted octanol–water partition coefficient (Wildman–Crippen LogP) is 4.18. The van der Waals surface area contributed by atoms with E-state index in [4.69, 9.17) is 0 Å². The van der Waals surface area contributed by atoms with Gasteiger partial charge in [0.15, 0.2) is 11.5 Å². The molecule has 1 saturated heterocycles. The van der Waals surface area contributed by atoms with Gasteiger partial charge in [-0.2, -0.15) is 0 Å². The molecule has 0 spiro atoms. The fourth-order valence-electron chi connectivity index (χ4n) is 3.35. The number of aromatic hydroxyl groups is 1. The number of alkyl halides is 6. The van der Waals surface area contributed by atoms with Crippen LogP contribution in [0.25, 0.3) is 0 Å².